The van der Waals surface area contributed by atoms with E-state index in [4.69, 9.17) is 10.5 Å². The number of nitrogens with two attached hydrogens (primary N) is 1. The summed E-state index contributed by atoms with van der Waals surface area (Å²) in [6.07, 6.45) is 5.61. The molecule has 0 saturated heterocycles. The Morgan fingerprint density at radius 1 is 1.39 bits per heavy atom. The van der Waals surface area contributed by atoms with Crippen LogP contribution in [0.3, 0.4) is 0 Å². The summed E-state index contributed by atoms with van der Waals surface area (Å²) in [6, 6.07) is 5.08. The zero-order valence-corrected chi connectivity index (χ0v) is 11.0. The highest BCUT2D eigenvalue weighted by Crippen LogP contribution is 2.28. The molecule has 2 N–H and O–H groups in total. The standard InChI is InChI=1S/C15H22FNO/c1-11(17)9-13-7-4-8-14(16)15(13)18-10-12-5-2-3-6-12/h4,7-8,11-12H,2-3,5-6,9-10,17H2,1H3. The van der Waals surface area contributed by atoms with E-state index >= 15 is 0 Å². The second-order valence-electron chi connectivity index (χ2n) is 5.37. The molecule has 1 aromatic rings. The van der Waals surface area contributed by atoms with E-state index in [2.05, 4.69) is 0 Å². The normalized spacial score (nSPS) is 17.9. The van der Waals surface area contributed by atoms with Crippen LogP contribution in [0.1, 0.15) is 38.2 Å². The lowest BCUT2D eigenvalue weighted by Crippen LogP contribution is -2.19. The van der Waals surface area contributed by atoms with Crippen LogP contribution in [0.2, 0.25) is 0 Å². The van der Waals surface area contributed by atoms with Gasteiger partial charge in [0.15, 0.2) is 11.6 Å². The molecule has 1 aliphatic carbocycles. The van der Waals surface area contributed by atoms with Crippen LogP contribution >= 0.6 is 0 Å². The van der Waals surface area contributed by atoms with E-state index < -0.39 is 0 Å². The van der Waals surface area contributed by atoms with Gasteiger partial charge in [-0.05, 0) is 43.7 Å². The maximum atomic E-state index is 13.8. The molecule has 1 atom stereocenters. The number of ether oxygens (including phenoxy) is 1. The van der Waals surface area contributed by atoms with E-state index in [9.17, 15) is 4.39 Å². The molecule has 0 aromatic heterocycles. The molecule has 100 valence electrons. The Labute approximate surface area is 108 Å². The number of hydrogen-bond acceptors (Lipinski definition) is 2. The minimum absolute atomic E-state index is 0.0145. The number of para-hydroxylation sites is 1. The van der Waals surface area contributed by atoms with Crippen LogP contribution in [0, 0.1) is 11.7 Å². The zero-order chi connectivity index (χ0) is 13.0. The largest absolute Gasteiger partial charge is 0.490 e. The molecule has 18 heavy (non-hydrogen) atoms. The molecule has 1 aliphatic rings. The van der Waals surface area contributed by atoms with Crippen molar-refractivity contribution in [2.24, 2.45) is 11.7 Å². The average molecular weight is 251 g/mol. The van der Waals surface area contributed by atoms with Gasteiger partial charge in [0.25, 0.3) is 0 Å². The Kier molecular flexibility index (Phi) is 4.59. The summed E-state index contributed by atoms with van der Waals surface area (Å²) in [5.41, 5.74) is 6.66. The van der Waals surface area contributed by atoms with Crippen molar-refractivity contribution in [3.8, 4) is 5.75 Å². The van der Waals surface area contributed by atoms with Gasteiger partial charge < -0.3 is 10.5 Å². The van der Waals surface area contributed by atoms with Gasteiger partial charge in [-0.15, -0.1) is 0 Å². The Balaban J connectivity index is 2.04. The number of halogens is 1. The highest BCUT2D eigenvalue weighted by atomic mass is 19.1. The fourth-order valence-electron chi connectivity index (χ4n) is 2.60. The molecule has 2 rings (SSSR count). The smallest absolute Gasteiger partial charge is 0.165 e. The van der Waals surface area contributed by atoms with Crippen LogP contribution in [0.5, 0.6) is 5.75 Å². The van der Waals surface area contributed by atoms with Crippen molar-refractivity contribution in [1.82, 2.24) is 0 Å². The lowest BCUT2D eigenvalue weighted by molar-refractivity contribution is 0.239. The van der Waals surface area contributed by atoms with Crippen molar-refractivity contribution in [1.29, 1.82) is 0 Å². The summed E-state index contributed by atoms with van der Waals surface area (Å²) >= 11 is 0. The number of rotatable bonds is 5. The van der Waals surface area contributed by atoms with Gasteiger partial charge in [-0.25, -0.2) is 4.39 Å². The molecule has 0 amide bonds. The van der Waals surface area contributed by atoms with Crippen molar-refractivity contribution in [2.75, 3.05) is 6.61 Å². The minimum Gasteiger partial charge on any atom is -0.490 e. The molecule has 0 spiro atoms. The first-order valence-corrected chi connectivity index (χ1v) is 6.82. The second-order valence-corrected chi connectivity index (χ2v) is 5.37. The van der Waals surface area contributed by atoms with Crippen LogP contribution in [0.25, 0.3) is 0 Å². The molecule has 1 aromatic carbocycles. The summed E-state index contributed by atoms with van der Waals surface area (Å²) < 4.78 is 19.5. The molecule has 0 heterocycles. The van der Waals surface area contributed by atoms with E-state index in [-0.39, 0.29) is 11.9 Å². The Bertz CT molecular complexity index is 386. The maximum Gasteiger partial charge on any atom is 0.165 e. The quantitative estimate of drug-likeness (QED) is 0.871. The van der Waals surface area contributed by atoms with Gasteiger partial charge in [0.1, 0.15) is 0 Å². The zero-order valence-electron chi connectivity index (χ0n) is 11.0. The summed E-state index contributed by atoms with van der Waals surface area (Å²) in [7, 11) is 0. The topological polar surface area (TPSA) is 35.2 Å². The lowest BCUT2D eigenvalue weighted by Gasteiger charge is -2.16. The van der Waals surface area contributed by atoms with Gasteiger partial charge in [-0.3, -0.25) is 0 Å². The monoisotopic (exact) mass is 251 g/mol. The summed E-state index contributed by atoms with van der Waals surface area (Å²) in [5.74, 6) is 0.723. The van der Waals surface area contributed by atoms with Gasteiger partial charge in [-0.2, -0.15) is 0 Å². The van der Waals surface area contributed by atoms with Gasteiger partial charge in [0, 0.05) is 6.04 Å². The Morgan fingerprint density at radius 2 is 2.11 bits per heavy atom. The molecular weight excluding hydrogens is 229 g/mol. The summed E-state index contributed by atoms with van der Waals surface area (Å²) in [4.78, 5) is 0. The molecule has 0 aliphatic heterocycles. The van der Waals surface area contributed by atoms with E-state index in [0.29, 0.717) is 24.7 Å². The SMILES string of the molecule is CC(N)Cc1cccc(F)c1OCC1CCCC1. The van der Waals surface area contributed by atoms with E-state index in [1.54, 1.807) is 6.07 Å². The first-order valence-electron chi connectivity index (χ1n) is 6.82. The minimum atomic E-state index is -0.272. The third-order valence-electron chi connectivity index (χ3n) is 3.53. The second kappa shape index (κ2) is 6.19. The van der Waals surface area contributed by atoms with Crippen molar-refractivity contribution >= 4 is 0 Å². The lowest BCUT2D eigenvalue weighted by atomic mass is 10.1. The first-order chi connectivity index (χ1) is 8.66. The third-order valence-corrected chi connectivity index (χ3v) is 3.53. The first kappa shape index (κ1) is 13.3. The molecule has 1 saturated carbocycles. The van der Waals surface area contributed by atoms with Gasteiger partial charge in [-0.1, -0.05) is 25.0 Å². The van der Waals surface area contributed by atoms with Crippen molar-refractivity contribution in [3.05, 3.63) is 29.6 Å². The van der Waals surface area contributed by atoms with Crippen LogP contribution in [-0.4, -0.2) is 12.6 Å². The Morgan fingerprint density at radius 3 is 2.78 bits per heavy atom. The highest BCUT2D eigenvalue weighted by molar-refractivity contribution is 5.35. The van der Waals surface area contributed by atoms with Crippen LogP contribution < -0.4 is 10.5 Å². The molecule has 1 unspecified atom stereocenters. The van der Waals surface area contributed by atoms with Gasteiger partial charge in [0.05, 0.1) is 6.61 Å². The van der Waals surface area contributed by atoms with Gasteiger partial charge >= 0.3 is 0 Å². The van der Waals surface area contributed by atoms with E-state index in [0.717, 1.165) is 5.56 Å². The summed E-state index contributed by atoms with van der Waals surface area (Å²) in [5, 5.41) is 0. The molecule has 0 radical (unpaired) electrons. The summed E-state index contributed by atoms with van der Waals surface area (Å²) in [6.45, 7) is 2.55. The van der Waals surface area contributed by atoms with Crippen molar-refractivity contribution in [2.45, 2.75) is 45.1 Å². The fraction of sp³-hybridized carbons (Fsp3) is 0.600. The number of benzene rings is 1. The fourth-order valence-corrected chi connectivity index (χ4v) is 2.60. The van der Waals surface area contributed by atoms with Crippen molar-refractivity contribution in [3.63, 3.8) is 0 Å². The van der Waals surface area contributed by atoms with E-state index in [1.807, 2.05) is 13.0 Å². The highest BCUT2D eigenvalue weighted by Gasteiger charge is 2.18. The molecule has 0 bridgehead atoms. The third kappa shape index (κ3) is 3.45. The average Bonchev–Trinajstić information content (AvgIpc) is 2.80. The molecule has 1 fully saturated rings. The molecular formula is C15H22FNO. The predicted molar refractivity (Wildman–Crippen MR) is 71.2 cm³/mol. The predicted octanol–water partition coefficient (Wildman–Crippen LogP) is 3.28. The van der Waals surface area contributed by atoms with Crippen molar-refractivity contribution < 1.29 is 9.13 Å². The molecule has 2 nitrogen and oxygen atoms in total. The van der Waals surface area contributed by atoms with Crippen LogP contribution in [-0.2, 0) is 6.42 Å². The Hall–Kier alpha value is -1.09. The van der Waals surface area contributed by atoms with Crippen LogP contribution in [0.4, 0.5) is 4.39 Å². The van der Waals surface area contributed by atoms with Crippen LogP contribution in [0.15, 0.2) is 18.2 Å². The van der Waals surface area contributed by atoms with E-state index in [1.165, 1.54) is 31.7 Å². The molecule has 3 heteroatoms. The van der Waals surface area contributed by atoms with Gasteiger partial charge in [0.2, 0.25) is 0 Å². The number of hydrogen-bond donors (Lipinski definition) is 1. The maximum absolute atomic E-state index is 13.8.